The number of halogens is 1. The Bertz CT molecular complexity index is 931. The Morgan fingerprint density at radius 2 is 2.19 bits per heavy atom. The highest BCUT2D eigenvalue weighted by molar-refractivity contribution is 7.92. The van der Waals surface area contributed by atoms with Gasteiger partial charge in [-0.3, -0.25) is 4.68 Å². The Morgan fingerprint density at radius 1 is 1.43 bits per heavy atom. The minimum absolute atomic E-state index is 0.0503. The van der Waals surface area contributed by atoms with Gasteiger partial charge in [-0.2, -0.15) is 15.1 Å². The Balaban J connectivity index is 2.03. The van der Waals surface area contributed by atoms with E-state index < -0.39 is 10.0 Å². The number of nitrogens with one attached hydrogen (secondary N) is 2. The number of nitrogens with two attached hydrogens (primary N) is 1. The molecule has 0 aromatic carbocycles. The van der Waals surface area contributed by atoms with E-state index in [0.717, 1.165) is 0 Å². The highest BCUT2D eigenvalue weighted by Crippen LogP contribution is 2.22. The molecule has 0 atom stereocenters. The summed E-state index contributed by atoms with van der Waals surface area (Å²) in [6.07, 6.45) is 2.65. The van der Waals surface area contributed by atoms with Crippen molar-refractivity contribution < 1.29 is 8.42 Å². The van der Waals surface area contributed by atoms with Gasteiger partial charge >= 0.3 is 0 Å². The minimum atomic E-state index is -3.97. The molecule has 4 N–H and O–H groups in total. The first-order chi connectivity index (χ1) is 9.87. The van der Waals surface area contributed by atoms with Gasteiger partial charge in [-0.25, -0.2) is 18.1 Å². The van der Waals surface area contributed by atoms with E-state index in [1.807, 2.05) is 0 Å². The summed E-state index contributed by atoms with van der Waals surface area (Å²) < 4.78 is 27.9. The first-order valence-electron chi connectivity index (χ1n) is 5.55. The van der Waals surface area contributed by atoms with Gasteiger partial charge in [0.1, 0.15) is 10.4 Å². The van der Waals surface area contributed by atoms with Crippen molar-refractivity contribution in [2.24, 2.45) is 7.05 Å². The maximum Gasteiger partial charge on any atom is 0.269 e. The number of fused-ring (bicyclic) bond motifs is 1. The Kier molecular flexibility index (Phi) is 2.95. The topological polar surface area (TPSA) is 144 Å². The van der Waals surface area contributed by atoms with Crippen LogP contribution < -0.4 is 10.5 Å². The van der Waals surface area contributed by atoms with Gasteiger partial charge in [0.05, 0.1) is 6.33 Å². The lowest BCUT2D eigenvalue weighted by molar-refractivity contribution is 0.601. The van der Waals surface area contributed by atoms with Gasteiger partial charge in [0, 0.05) is 13.2 Å². The Hall–Kier alpha value is -2.40. The van der Waals surface area contributed by atoms with Crippen LogP contribution in [0.5, 0.6) is 0 Å². The van der Waals surface area contributed by atoms with Crippen molar-refractivity contribution in [3.63, 3.8) is 0 Å². The molecule has 0 radical (unpaired) electrons. The molecule has 0 aliphatic carbocycles. The van der Waals surface area contributed by atoms with Crippen LogP contribution in [0, 0.1) is 0 Å². The van der Waals surface area contributed by atoms with Gasteiger partial charge in [-0.1, -0.05) is 11.6 Å². The minimum Gasteiger partial charge on any atom is -0.381 e. The van der Waals surface area contributed by atoms with Gasteiger partial charge in [0.25, 0.3) is 10.0 Å². The van der Waals surface area contributed by atoms with E-state index in [1.165, 1.54) is 17.2 Å². The molecule has 0 spiro atoms. The summed E-state index contributed by atoms with van der Waals surface area (Å²) in [6.45, 7) is 0. The van der Waals surface area contributed by atoms with Crippen LogP contribution in [0.3, 0.4) is 0 Å². The zero-order chi connectivity index (χ0) is 15.2. The first kappa shape index (κ1) is 13.6. The number of aromatic amines is 1. The number of anilines is 2. The molecular weight excluding hydrogens is 320 g/mol. The first-order valence-corrected chi connectivity index (χ1v) is 7.41. The van der Waals surface area contributed by atoms with Crippen LogP contribution >= 0.6 is 11.6 Å². The molecule has 0 amide bonds. The number of imidazole rings is 1. The van der Waals surface area contributed by atoms with Crippen LogP contribution in [0.25, 0.3) is 11.2 Å². The van der Waals surface area contributed by atoms with Crippen molar-refractivity contribution in [2.75, 3.05) is 10.5 Å². The molecule has 3 heterocycles. The van der Waals surface area contributed by atoms with Crippen molar-refractivity contribution in [3.8, 4) is 0 Å². The van der Waals surface area contributed by atoms with Gasteiger partial charge < -0.3 is 10.7 Å². The van der Waals surface area contributed by atoms with E-state index >= 15 is 0 Å². The zero-order valence-corrected chi connectivity index (χ0v) is 12.1. The van der Waals surface area contributed by atoms with E-state index in [0.29, 0.717) is 5.52 Å². The maximum absolute atomic E-state index is 12.2. The fourth-order valence-electron chi connectivity index (χ4n) is 1.71. The summed E-state index contributed by atoms with van der Waals surface area (Å²) in [5.74, 6) is -0.334. The molecule has 0 aliphatic rings. The SMILES string of the molecule is Cn1cc(S(=O)(=O)Nc2nc(Cl)c3[nH]cnc3n2)c(N)n1. The standard InChI is InChI=1S/C9H9ClN8O2S/c1-18-2-4(7(11)16-18)21(19,20)17-9-14-6(10)5-8(15-9)13-3-12-5/h2-3H,1H3,(H2,11,16)(H2,12,13,14,15,17). The number of nitrogen functional groups attached to an aromatic ring is 1. The second kappa shape index (κ2) is 4.56. The summed E-state index contributed by atoms with van der Waals surface area (Å²) in [6, 6.07) is 0. The van der Waals surface area contributed by atoms with Crippen LogP contribution in [-0.2, 0) is 17.1 Å². The molecular formula is C9H9ClN8O2S. The van der Waals surface area contributed by atoms with Crippen LogP contribution in [-0.4, -0.2) is 38.1 Å². The average molecular weight is 329 g/mol. The molecule has 0 aliphatic heterocycles. The van der Waals surface area contributed by atoms with Gasteiger partial charge in [0.15, 0.2) is 16.6 Å². The molecule has 0 bridgehead atoms. The Morgan fingerprint density at radius 3 is 2.86 bits per heavy atom. The monoisotopic (exact) mass is 328 g/mol. The smallest absolute Gasteiger partial charge is 0.269 e. The average Bonchev–Trinajstić information content (AvgIpc) is 2.95. The summed E-state index contributed by atoms with van der Waals surface area (Å²) in [5, 5.41) is 3.82. The van der Waals surface area contributed by atoms with Crippen molar-refractivity contribution >= 4 is 44.6 Å². The zero-order valence-electron chi connectivity index (χ0n) is 10.6. The van der Waals surface area contributed by atoms with Crippen LogP contribution in [0.2, 0.25) is 5.15 Å². The number of sulfonamides is 1. The highest BCUT2D eigenvalue weighted by atomic mass is 35.5. The molecule has 0 saturated heterocycles. The second-order valence-corrected chi connectivity index (χ2v) is 6.11. The number of rotatable bonds is 3. The molecule has 3 aromatic heterocycles. The van der Waals surface area contributed by atoms with Gasteiger partial charge in [-0.05, 0) is 0 Å². The normalized spacial score (nSPS) is 11.9. The lowest BCUT2D eigenvalue weighted by atomic mass is 10.6. The van der Waals surface area contributed by atoms with E-state index in [-0.39, 0.29) is 27.5 Å². The second-order valence-electron chi connectivity index (χ2n) is 4.10. The number of nitrogens with zero attached hydrogens (tertiary/aromatic N) is 5. The third-order valence-electron chi connectivity index (χ3n) is 2.58. The number of hydrogen-bond donors (Lipinski definition) is 3. The summed E-state index contributed by atoms with van der Waals surface area (Å²) in [4.78, 5) is 14.3. The molecule has 3 rings (SSSR count). The fraction of sp³-hybridized carbons (Fsp3) is 0.111. The van der Waals surface area contributed by atoms with E-state index in [1.54, 1.807) is 7.05 Å². The van der Waals surface area contributed by atoms with Crippen LogP contribution in [0.1, 0.15) is 0 Å². The molecule has 10 nitrogen and oxygen atoms in total. The molecule has 110 valence electrons. The van der Waals surface area contributed by atoms with Crippen molar-refractivity contribution in [3.05, 3.63) is 17.7 Å². The summed E-state index contributed by atoms with van der Waals surface area (Å²) >= 11 is 5.92. The molecule has 0 unspecified atom stereocenters. The lowest BCUT2D eigenvalue weighted by Crippen LogP contribution is -2.16. The largest absolute Gasteiger partial charge is 0.381 e. The molecule has 3 aromatic rings. The maximum atomic E-state index is 12.2. The number of aryl methyl sites for hydroxylation is 1. The van der Waals surface area contributed by atoms with Crippen LogP contribution in [0.15, 0.2) is 17.4 Å². The predicted molar refractivity (Wildman–Crippen MR) is 75.1 cm³/mol. The van der Waals surface area contributed by atoms with Crippen molar-refractivity contribution in [1.82, 2.24) is 29.7 Å². The lowest BCUT2D eigenvalue weighted by Gasteiger charge is -2.05. The van der Waals surface area contributed by atoms with E-state index in [2.05, 4.69) is 29.8 Å². The molecule has 21 heavy (non-hydrogen) atoms. The third-order valence-corrected chi connectivity index (χ3v) is 4.20. The van der Waals surface area contributed by atoms with Gasteiger partial charge in [-0.15, -0.1) is 0 Å². The quantitative estimate of drug-likeness (QED) is 0.579. The highest BCUT2D eigenvalue weighted by Gasteiger charge is 2.22. The molecule has 0 saturated carbocycles. The Labute approximate surface area is 123 Å². The third kappa shape index (κ3) is 2.36. The molecule has 0 fully saturated rings. The predicted octanol–water partition coefficient (Wildman–Crippen LogP) is 0.123. The fourth-order valence-corrected chi connectivity index (χ4v) is 2.98. The summed E-state index contributed by atoms with van der Waals surface area (Å²) in [7, 11) is -2.42. The van der Waals surface area contributed by atoms with E-state index in [9.17, 15) is 8.42 Å². The summed E-state index contributed by atoms with van der Waals surface area (Å²) in [5.41, 5.74) is 6.21. The van der Waals surface area contributed by atoms with Gasteiger partial charge in [0.2, 0.25) is 5.95 Å². The van der Waals surface area contributed by atoms with Crippen LogP contribution in [0.4, 0.5) is 11.8 Å². The van der Waals surface area contributed by atoms with E-state index in [4.69, 9.17) is 17.3 Å². The van der Waals surface area contributed by atoms with Crippen molar-refractivity contribution in [1.29, 1.82) is 0 Å². The van der Waals surface area contributed by atoms with Crippen molar-refractivity contribution in [2.45, 2.75) is 4.90 Å². The number of hydrogen-bond acceptors (Lipinski definition) is 7. The number of H-pyrrole nitrogens is 1. The molecule has 12 heteroatoms. The number of aromatic nitrogens is 6.